The third-order valence-corrected chi connectivity index (χ3v) is 9.57. The third kappa shape index (κ3) is 3.95. The summed E-state index contributed by atoms with van der Waals surface area (Å²) in [5, 5.41) is 9.71. The van der Waals surface area contributed by atoms with Gasteiger partial charge in [0.2, 0.25) is 0 Å². The quantitative estimate of drug-likeness (QED) is 0.742. The SMILES string of the molecule is CO[C@@H]1[C@@H](O[Si](C)(C)C(C)(C)C)[C@@H](CO)O[C@H]1n1ccc(=O)[nH]c1=O. The van der Waals surface area contributed by atoms with Gasteiger partial charge in [-0.25, -0.2) is 4.79 Å². The minimum atomic E-state index is -2.16. The van der Waals surface area contributed by atoms with Crippen LogP contribution in [0.1, 0.15) is 27.0 Å². The van der Waals surface area contributed by atoms with Crippen molar-refractivity contribution < 1.29 is 19.0 Å². The zero-order valence-electron chi connectivity index (χ0n) is 15.6. The summed E-state index contributed by atoms with van der Waals surface area (Å²) in [6.07, 6.45) is -1.15. The Morgan fingerprint density at radius 1 is 1.32 bits per heavy atom. The van der Waals surface area contributed by atoms with Crippen molar-refractivity contribution >= 4 is 8.32 Å². The molecule has 2 N–H and O–H groups in total. The Hall–Kier alpha value is -1.26. The molecule has 0 aromatic carbocycles. The molecule has 1 aliphatic rings. The maximum Gasteiger partial charge on any atom is 0.330 e. The van der Waals surface area contributed by atoms with E-state index in [1.54, 1.807) is 0 Å². The number of aliphatic hydroxyl groups is 1. The van der Waals surface area contributed by atoms with Crippen molar-refractivity contribution in [3.63, 3.8) is 0 Å². The van der Waals surface area contributed by atoms with E-state index in [0.29, 0.717) is 0 Å². The fraction of sp³-hybridized carbons (Fsp3) is 0.750. The maximum absolute atomic E-state index is 12.1. The minimum Gasteiger partial charge on any atom is -0.408 e. The van der Waals surface area contributed by atoms with E-state index in [2.05, 4.69) is 38.8 Å². The highest BCUT2D eigenvalue weighted by Crippen LogP contribution is 2.41. The van der Waals surface area contributed by atoms with Crippen LogP contribution in [-0.2, 0) is 13.9 Å². The van der Waals surface area contributed by atoms with E-state index in [9.17, 15) is 14.7 Å². The molecule has 0 radical (unpaired) electrons. The number of nitrogens with one attached hydrogen (secondary N) is 1. The van der Waals surface area contributed by atoms with E-state index in [1.165, 1.54) is 23.9 Å². The fourth-order valence-electron chi connectivity index (χ4n) is 2.62. The predicted molar refractivity (Wildman–Crippen MR) is 95.2 cm³/mol. The van der Waals surface area contributed by atoms with Crippen LogP contribution in [0, 0.1) is 0 Å². The summed E-state index contributed by atoms with van der Waals surface area (Å²) in [6.45, 7) is 10.3. The molecule has 1 aliphatic heterocycles. The molecule has 142 valence electrons. The summed E-state index contributed by atoms with van der Waals surface area (Å²) >= 11 is 0. The summed E-state index contributed by atoms with van der Waals surface area (Å²) in [7, 11) is -0.642. The predicted octanol–water partition coefficient (Wildman–Crippen LogP) is 0.832. The van der Waals surface area contributed by atoms with Gasteiger partial charge in [0.15, 0.2) is 14.5 Å². The Morgan fingerprint density at radius 3 is 2.44 bits per heavy atom. The number of rotatable bonds is 5. The summed E-state index contributed by atoms with van der Waals surface area (Å²) in [5.74, 6) is 0. The monoisotopic (exact) mass is 372 g/mol. The van der Waals surface area contributed by atoms with E-state index in [-0.39, 0.29) is 11.6 Å². The van der Waals surface area contributed by atoms with Gasteiger partial charge in [0.1, 0.15) is 18.3 Å². The van der Waals surface area contributed by atoms with Crippen molar-refractivity contribution in [3.05, 3.63) is 33.1 Å². The van der Waals surface area contributed by atoms with Crippen molar-refractivity contribution in [2.45, 2.75) is 63.4 Å². The first-order valence-corrected chi connectivity index (χ1v) is 11.2. The van der Waals surface area contributed by atoms with Gasteiger partial charge >= 0.3 is 5.69 Å². The van der Waals surface area contributed by atoms with Gasteiger partial charge in [-0.2, -0.15) is 0 Å². The van der Waals surface area contributed by atoms with Gasteiger partial charge in [0.25, 0.3) is 5.56 Å². The van der Waals surface area contributed by atoms with Gasteiger partial charge in [-0.3, -0.25) is 14.3 Å². The molecule has 0 amide bonds. The Labute approximate surface area is 147 Å². The largest absolute Gasteiger partial charge is 0.408 e. The van der Waals surface area contributed by atoms with Crippen LogP contribution in [0.4, 0.5) is 0 Å². The first-order chi connectivity index (χ1) is 11.5. The molecular weight excluding hydrogens is 344 g/mol. The average Bonchev–Trinajstić information content (AvgIpc) is 2.82. The molecule has 1 fully saturated rings. The first kappa shape index (κ1) is 20.1. The summed E-state index contributed by atoms with van der Waals surface area (Å²) in [5.41, 5.74) is -1.08. The number of aromatic nitrogens is 2. The summed E-state index contributed by atoms with van der Waals surface area (Å²) in [6, 6.07) is 1.24. The van der Waals surface area contributed by atoms with Crippen molar-refractivity contribution in [1.82, 2.24) is 9.55 Å². The number of ether oxygens (including phenoxy) is 2. The Morgan fingerprint density at radius 2 is 1.96 bits per heavy atom. The highest BCUT2D eigenvalue weighted by Gasteiger charge is 2.51. The molecular formula is C16H28N2O6Si. The lowest BCUT2D eigenvalue weighted by molar-refractivity contribution is -0.0625. The molecule has 0 aliphatic carbocycles. The second kappa shape index (κ2) is 7.16. The van der Waals surface area contributed by atoms with E-state index in [4.69, 9.17) is 13.9 Å². The van der Waals surface area contributed by atoms with Crippen LogP contribution in [-0.4, -0.2) is 55.0 Å². The average molecular weight is 372 g/mol. The van der Waals surface area contributed by atoms with Crippen molar-refractivity contribution in [1.29, 1.82) is 0 Å². The maximum atomic E-state index is 12.1. The van der Waals surface area contributed by atoms with E-state index in [1.807, 2.05) is 0 Å². The molecule has 0 spiro atoms. The normalized spacial score (nSPS) is 27.6. The number of methoxy groups -OCH3 is 1. The second-order valence-corrected chi connectivity index (χ2v) is 12.6. The molecule has 4 atom stereocenters. The molecule has 25 heavy (non-hydrogen) atoms. The fourth-order valence-corrected chi connectivity index (χ4v) is 3.94. The molecule has 2 heterocycles. The number of H-pyrrole nitrogens is 1. The van der Waals surface area contributed by atoms with E-state index < -0.39 is 44.1 Å². The number of hydrogen-bond donors (Lipinski definition) is 2. The van der Waals surface area contributed by atoms with Crippen LogP contribution in [0.5, 0.6) is 0 Å². The Kier molecular flexibility index (Phi) is 5.74. The molecule has 1 aromatic heterocycles. The third-order valence-electron chi connectivity index (χ3n) is 5.10. The zero-order valence-corrected chi connectivity index (χ0v) is 16.6. The Balaban J connectivity index is 2.38. The van der Waals surface area contributed by atoms with Crippen LogP contribution in [0.2, 0.25) is 18.1 Å². The highest BCUT2D eigenvalue weighted by molar-refractivity contribution is 6.74. The van der Waals surface area contributed by atoms with Crippen molar-refractivity contribution in [2.75, 3.05) is 13.7 Å². The standard InChI is InChI=1S/C16H28N2O6Si/c1-16(2,3)25(5,6)24-12-10(9-19)23-14(13(12)22-4)18-8-7-11(20)17-15(18)21/h7-8,10,12-14,19H,9H2,1-6H3,(H,17,20,21)/t10-,12+,13-,14-/m1/s1. The van der Waals surface area contributed by atoms with Gasteiger partial charge in [-0.15, -0.1) is 0 Å². The van der Waals surface area contributed by atoms with Gasteiger partial charge in [0, 0.05) is 19.4 Å². The van der Waals surface area contributed by atoms with Crippen molar-refractivity contribution in [3.8, 4) is 0 Å². The lowest BCUT2D eigenvalue weighted by atomic mass is 10.1. The molecule has 0 bridgehead atoms. The molecule has 2 rings (SSSR count). The van der Waals surface area contributed by atoms with Crippen LogP contribution >= 0.6 is 0 Å². The van der Waals surface area contributed by atoms with Crippen molar-refractivity contribution in [2.24, 2.45) is 0 Å². The smallest absolute Gasteiger partial charge is 0.330 e. The molecule has 8 nitrogen and oxygen atoms in total. The van der Waals surface area contributed by atoms with Gasteiger partial charge in [0.05, 0.1) is 6.61 Å². The van der Waals surface area contributed by atoms with Gasteiger partial charge < -0.3 is 19.0 Å². The Bertz CT molecular complexity index is 708. The summed E-state index contributed by atoms with van der Waals surface area (Å²) in [4.78, 5) is 25.6. The zero-order chi connectivity index (χ0) is 19.0. The van der Waals surface area contributed by atoms with Crippen LogP contribution < -0.4 is 11.2 Å². The minimum absolute atomic E-state index is 0.0296. The van der Waals surface area contributed by atoms with Gasteiger partial charge in [-0.05, 0) is 18.1 Å². The van der Waals surface area contributed by atoms with E-state index in [0.717, 1.165) is 0 Å². The molecule has 1 saturated heterocycles. The molecule has 9 heteroatoms. The highest BCUT2D eigenvalue weighted by atomic mass is 28.4. The van der Waals surface area contributed by atoms with Crippen LogP contribution in [0.3, 0.4) is 0 Å². The van der Waals surface area contributed by atoms with E-state index >= 15 is 0 Å². The van der Waals surface area contributed by atoms with Gasteiger partial charge in [-0.1, -0.05) is 20.8 Å². The summed E-state index contributed by atoms with van der Waals surface area (Å²) < 4.78 is 19.1. The van der Waals surface area contributed by atoms with Crippen LogP contribution in [0.15, 0.2) is 21.9 Å². The molecule has 1 aromatic rings. The number of aliphatic hydroxyl groups excluding tert-OH is 1. The number of nitrogens with zero attached hydrogens (tertiary/aromatic N) is 1. The number of aromatic amines is 1. The van der Waals surface area contributed by atoms with Crippen LogP contribution in [0.25, 0.3) is 0 Å². The lowest BCUT2D eigenvalue weighted by Gasteiger charge is -2.40. The second-order valence-electron chi connectivity index (χ2n) is 7.81. The topological polar surface area (TPSA) is 103 Å². The lowest BCUT2D eigenvalue weighted by Crippen LogP contribution is -2.50. The molecule has 0 unspecified atom stereocenters. The molecule has 0 saturated carbocycles. The first-order valence-electron chi connectivity index (χ1n) is 8.30. The number of hydrogen-bond acceptors (Lipinski definition) is 6.